The Hall–Kier alpha value is -2.27. The largest absolute Gasteiger partial charge is 0.392 e. The lowest BCUT2D eigenvalue weighted by molar-refractivity contribution is 0.282. The first kappa shape index (κ1) is 10.9. The minimum Gasteiger partial charge on any atom is -0.392 e. The first-order valence-corrected chi connectivity index (χ1v) is 5.44. The number of fused-ring (bicyclic) bond motifs is 3. The van der Waals surface area contributed by atoms with Crippen molar-refractivity contribution in [3.8, 4) is 0 Å². The van der Waals surface area contributed by atoms with Gasteiger partial charge in [0.25, 0.3) is 0 Å². The number of halogens is 1. The quantitative estimate of drug-likeness (QED) is 0.506. The Morgan fingerprint density at radius 1 is 1.11 bits per heavy atom. The van der Waals surface area contributed by atoms with Gasteiger partial charge in [-0.15, -0.1) is 0 Å². The normalized spacial score (nSPS) is 11.2. The number of nitrogens with zero attached hydrogens (tertiary/aromatic N) is 2. The zero-order chi connectivity index (χ0) is 12.7. The van der Waals surface area contributed by atoms with E-state index in [1.165, 1.54) is 6.07 Å². The van der Waals surface area contributed by atoms with E-state index in [-0.39, 0.29) is 12.4 Å². The van der Waals surface area contributed by atoms with Gasteiger partial charge in [-0.3, -0.25) is 0 Å². The van der Waals surface area contributed by atoms with E-state index in [0.29, 0.717) is 11.0 Å². The van der Waals surface area contributed by atoms with Gasteiger partial charge in [-0.1, -0.05) is 12.1 Å². The standard InChI is InChI=1S/C13H10FN3O/c14-11-4-3-9-8-2-1-7(6-18)5-10(8)16-13(15)12(9)17-11/h1-5,18H,6H2,(H2,15,16). The molecule has 3 aromatic rings. The molecule has 0 aliphatic rings. The van der Waals surface area contributed by atoms with E-state index in [1.807, 2.05) is 6.07 Å². The van der Waals surface area contributed by atoms with E-state index < -0.39 is 5.95 Å². The highest BCUT2D eigenvalue weighted by Crippen LogP contribution is 2.27. The van der Waals surface area contributed by atoms with Crippen molar-refractivity contribution in [3.05, 3.63) is 41.8 Å². The molecular formula is C13H10FN3O. The zero-order valence-electron chi connectivity index (χ0n) is 9.39. The van der Waals surface area contributed by atoms with Crippen LogP contribution in [-0.2, 0) is 6.61 Å². The van der Waals surface area contributed by atoms with Gasteiger partial charge in [-0.25, -0.2) is 9.97 Å². The summed E-state index contributed by atoms with van der Waals surface area (Å²) in [5, 5.41) is 10.7. The van der Waals surface area contributed by atoms with Crippen LogP contribution in [0.2, 0.25) is 0 Å². The summed E-state index contributed by atoms with van der Waals surface area (Å²) < 4.78 is 13.1. The first-order valence-electron chi connectivity index (χ1n) is 5.44. The third kappa shape index (κ3) is 1.56. The van der Waals surface area contributed by atoms with E-state index in [9.17, 15) is 4.39 Å². The van der Waals surface area contributed by atoms with Crippen LogP contribution in [0.25, 0.3) is 21.8 Å². The van der Waals surface area contributed by atoms with Crippen LogP contribution in [0.1, 0.15) is 5.56 Å². The van der Waals surface area contributed by atoms with Gasteiger partial charge in [-0.2, -0.15) is 4.39 Å². The number of aliphatic hydroxyl groups excluding tert-OH is 1. The molecule has 0 aliphatic carbocycles. The maximum absolute atomic E-state index is 13.1. The fourth-order valence-electron chi connectivity index (χ4n) is 2.03. The molecule has 18 heavy (non-hydrogen) atoms. The molecule has 1 aromatic carbocycles. The van der Waals surface area contributed by atoms with E-state index in [4.69, 9.17) is 10.8 Å². The van der Waals surface area contributed by atoms with Crippen molar-refractivity contribution in [2.45, 2.75) is 6.61 Å². The Morgan fingerprint density at radius 2 is 1.89 bits per heavy atom. The van der Waals surface area contributed by atoms with Crippen LogP contribution >= 0.6 is 0 Å². The molecule has 3 N–H and O–H groups in total. The van der Waals surface area contributed by atoms with Gasteiger partial charge in [-0.05, 0) is 23.8 Å². The van der Waals surface area contributed by atoms with Gasteiger partial charge in [0, 0.05) is 10.8 Å². The number of anilines is 1. The Bertz CT molecular complexity index is 758. The molecule has 0 radical (unpaired) electrons. The molecule has 0 spiro atoms. The molecule has 0 bridgehead atoms. The molecule has 0 fully saturated rings. The van der Waals surface area contributed by atoms with Crippen molar-refractivity contribution in [2.24, 2.45) is 0 Å². The molecular weight excluding hydrogens is 233 g/mol. The lowest BCUT2D eigenvalue weighted by Crippen LogP contribution is -1.97. The SMILES string of the molecule is Nc1nc2cc(CO)ccc2c2ccc(F)nc12. The highest BCUT2D eigenvalue weighted by molar-refractivity contribution is 6.07. The fraction of sp³-hybridized carbons (Fsp3) is 0.0769. The number of rotatable bonds is 1. The molecule has 2 heterocycles. The predicted octanol–water partition coefficient (Wildman–Crippen LogP) is 2.00. The second-order valence-electron chi connectivity index (χ2n) is 4.04. The predicted molar refractivity (Wildman–Crippen MR) is 67.3 cm³/mol. The summed E-state index contributed by atoms with van der Waals surface area (Å²) in [6, 6.07) is 8.31. The summed E-state index contributed by atoms with van der Waals surface area (Å²) >= 11 is 0. The minimum atomic E-state index is -0.581. The summed E-state index contributed by atoms with van der Waals surface area (Å²) in [5.41, 5.74) is 7.56. The molecule has 90 valence electrons. The second-order valence-corrected chi connectivity index (χ2v) is 4.04. The van der Waals surface area contributed by atoms with Crippen molar-refractivity contribution >= 4 is 27.6 Å². The van der Waals surface area contributed by atoms with Gasteiger partial charge in [0.15, 0.2) is 5.82 Å². The zero-order valence-corrected chi connectivity index (χ0v) is 9.39. The van der Waals surface area contributed by atoms with Crippen LogP contribution in [0.15, 0.2) is 30.3 Å². The van der Waals surface area contributed by atoms with Gasteiger partial charge in [0.05, 0.1) is 12.1 Å². The summed E-state index contributed by atoms with van der Waals surface area (Å²) in [4.78, 5) is 7.96. The van der Waals surface area contributed by atoms with Crippen LogP contribution in [0, 0.1) is 5.95 Å². The van der Waals surface area contributed by atoms with Crippen molar-refractivity contribution in [2.75, 3.05) is 5.73 Å². The number of pyridine rings is 2. The number of nitrogen functional groups attached to an aromatic ring is 1. The number of aliphatic hydroxyl groups is 1. The Labute approximate surface area is 102 Å². The molecule has 0 atom stereocenters. The molecule has 0 unspecified atom stereocenters. The van der Waals surface area contributed by atoms with Gasteiger partial charge < -0.3 is 10.8 Å². The summed E-state index contributed by atoms with van der Waals surface area (Å²) in [6.45, 7) is -0.0583. The number of aromatic nitrogens is 2. The molecule has 4 nitrogen and oxygen atoms in total. The smallest absolute Gasteiger partial charge is 0.213 e. The molecule has 2 aromatic heterocycles. The van der Waals surface area contributed by atoms with Gasteiger partial charge in [0.1, 0.15) is 5.52 Å². The van der Waals surface area contributed by atoms with Crippen molar-refractivity contribution in [1.82, 2.24) is 9.97 Å². The van der Waals surface area contributed by atoms with Crippen molar-refractivity contribution < 1.29 is 9.50 Å². The van der Waals surface area contributed by atoms with E-state index >= 15 is 0 Å². The number of hydrogen-bond donors (Lipinski definition) is 2. The molecule has 0 saturated heterocycles. The highest BCUT2D eigenvalue weighted by atomic mass is 19.1. The fourth-order valence-corrected chi connectivity index (χ4v) is 2.03. The Morgan fingerprint density at radius 3 is 2.67 bits per heavy atom. The molecule has 3 rings (SSSR count). The number of nitrogens with two attached hydrogens (primary N) is 1. The van der Waals surface area contributed by atoms with Crippen LogP contribution in [0.3, 0.4) is 0 Å². The lowest BCUT2D eigenvalue weighted by atomic mass is 10.1. The monoisotopic (exact) mass is 243 g/mol. The lowest BCUT2D eigenvalue weighted by Gasteiger charge is -2.06. The van der Waals surface area contributed by atoms with Crippen LogP contribution in [0.4, 0.5) is 10.2 Å². The topological polar surface area (TPSA) is 72.0 Å². The molecule has 0 aliphatic heterocycles. The first-order chi connectivity index (χ1) is 8.69. The summed E-state index contributed by atoms with van der Waals surface area (Å²) in [6.07, 6.45) is 0. The Balaban J connectivity index is 2.46. The van der Waals surface area contributed by atoms with Gasteiger partial charge >= 0.3 is 0 Å². The average molecular weight is 243 g/mol. The molecule has 0 saturated carbocycles. The molecule has 0 amide bonds. The Kier molecular flexibility index (Phi) is 2.34. The van der Waals surface area contributed by atoms with Crippen LogP contribution < -0.4 is 5.73 Å². The third-order valence-electron chi connectivity index (χ3n) is 2.88. The molecule has 5 heteroatoms. The minimum absolute atomic E-state index is 0.0583. The second kappa shape index (κ2) is 3.89. The maximum atomic E-state index is 13.1. The van der Waals surface area contributed by atoms with Crippen LogP contribution in [-0.4, -0.2) is 15.1 Å². The van der Waals surface area contributed by atoms with E-state index in [1.54, 1.807) is 18.2 Å². The van der Waals surface area contributed by atoms with Gasteiger partial charge in [0.2, 0.25) is 5.95 Å². The third-order valence-corrected chi connectivity index (χ3v) is 2.88. The van der Waals surface area contributed by atoms with E-state index in [0.717, 1.165) is 16.3 Å². The number of hydrogen-bond acceptors (Lipinski definition) is 4. The van der Waals surface area contributed by atoms with E-state index in [2.05, 4.69) is 9.97 Å². The number of benzene rings is 1. The maximum Gasteiger partial charge on any atom is 0.213 e. The van der Waals surface area contributed by atoms with Crippen molar-refractivity contribution in [1.29, 1.82) is 0 Å². The van der Waals surface area contributed by atoms with Crippen LogP contribution in [0.5, 0.6) is 0 Å². The van der Waals surface area contributed by atoms with Crippen molar-refractivity contribution in [3.63, 3.8) is 0 Å². The summed E-state index contributed by atoms with van der Waals surface area (Å²) in [5.74, 6) is -0.394. The summed E-state index contributed by atoms with van der Waals surface area (Å²) in [7, 11) is 0. The average Bonchev–Trinajstić information content (AvgIpc) is 2.38. The highest BCUT2D eigenvalue weighted by Gasteiger charge is 2.08.